The smallest absolute Gasteiger partial charge is 0.451 e. The molecule has 0 saturated heterocycles. The van der Waals surface area contributed by atoms with Gasteiger partial charge < -0.3 is 20.9 Å². The average Bonchev–Trinajstić information content (AvgIpc) is 2.22. The van der Waals surface area contributed by atoms with Gasteiger partial charge in [0.15, 0.2) is 0 Å². The summed E-state index contributed by atoms with van der Waals surface area (Å²) in [6.45, 7) is -0.176. The number of nitrogens with one attached hydrogen (secondary N) is 2. The highest BCUT2D eigenvalue weighted by Crippen LogP contribution is 2.17. The van der Waals surface area contributed by atoms with E-state index in [1.54, 1.807) is 0 Å². The predicted octanol–water partition coefficient (Wildman–Crippen LogP) is -1.17. The van der Waals surface area contributed by atoms with Crippen LogP contribution >= 0.6 is 0 Å². The maximum Gasteiger partial charge on any atom is 0.451 e. The first-order valence-corrected chi connectivity index (χ1v) is 7.22. The first kappa shape index (κ1) is 18.3. The molecule has 0 radical (unpaired) electrons. The molecular formula is C8H20BN3O6S. The van der Waals surface area contributed by atoms with Gasteiger partial charge in [-0.2, -0.15) is 0 Å². The predicted molar refractivity (Wildman–Crippen MR) is 69.5 cm³/mol. The van der Waals surface area contributed by atoms with E-state index in [-0.39, 0.29) is 25.7 Å². The monoisotopic (exact) mass is 297 g/mol. The van der Waals surface area contributed by atoms with Crippen molar-refractivity contribution in [2.45, 2.75) is 37.5 Å². The van der Waals surface area contributed by atoms with Gasteiger partial charge >= 0.3 is 13.1 Å². The molecule has 0 fully saturated rings. The second-order valence-corrected chi connectivity index (χ2v) is 5.70. The summed E-state index contributed by atoms with van der Waals surface area (Å²) in [7, 11) is -5.30. The van der Waals surface area contributed by atoms with Crippen LogP contribution in [0.4, 0.5) is 0 Å². The van der Waals surface area contributed by atoms with E-state index in [1.807, 2.05) is 4.72 Å². The number of nitrogens with two attached hydrogens (primary N) is 1. The Morgan fingerprint density at radius 1 is 1.37 bits per heavy atom. The molecular weight excluding hydrogens is 277 g/mol. The van der Waals surface area contributed by atoms with Crippen molar-refractivity contribution in [1.29, 1.82) is 4.78 Å². The second-order valence-electron chi connectivity index (χ2n) is 4.36. The SMILES string of the molecule is N=S(=O)(O)NCCC(N)(CCCCB(O)O)C(=O)O. The third-order valence-electron chi connectivity index (χ3n) is 2.63. The molecule has 0 amide bonds. The molecule has 0 bridgehead atoms. The number of carbonyl (C=O) groups is 1. The molecule has 8 N–H and O–H groups in total. The fourth-order valence-electron chi connectivity index (χ4n) is 1.52. The van der Waals surface area contributed by atoms with Gasteiger partial charge in [-0.1, -0.05) is 12.8 Å². The van der Waals surface area contributed by atoms with E-state index in [0.717, 1.165) is 0 Å². The normalized spacial score (nSPS) is 17.5. The van der Waals surface area contributed by atoms with E-state index < -0.39 is 28.8 Å². The summed E-state index contributed by atoms with van der Waals surface area (Å²) < 4.78 is 28.0. The first-order chi connectivity index (χ1) is 8.57. The van der Waals surface area contributed by atoms with Crippen LogP contribution in [0.2, 0.25) is 6.32 Å². The number of carboxylic acid groups (broad SMARTS) is 1. The Morgan fingerprint density at radius 2 is 1.95 bits per heavy atom. The second kappa shape index (κ2) is 7.77. The van der Waals surface area contributed by atoms with Crippen molar-refractivity contribution >= 4 is 23.3 Å². The van der Waals surface area contributed by atoms with Crippen LogP contribution in [0.15, 0.2) is 0 Å². The summed E-state index contributed by atoms with van der Waals surface area (Å²) in [5, 5.41) is 26.3. The number of unbranched alkanes of at least 4 members (excludes halogenated alkanes) is 1. The quantitative estimate of drug-likeness (QED) is 0.196. The minimum absolute atomic E-state index is 0.0986. The molecule has 0 aromatic rings. The molecule has 0 aromatic heterocycles. The molecule has 11 heteroatoms. The van der Waals surface area contributed by atoms with Crippen molar-refractivity contribution in [3.63, 3.8) is 0 Å². The lowest BCUT2D eigenvalue weighted by atomic mass is 9.81. The summed E-state index contributed by atoms with van der Waals surface area (Å²) >= 11 is 0. The number of hydrogen-bond acceptors (Lipinski definition) is 6. The molecule has 112 valence electrons. The molecule has 0 rings (SSSR count). The van der Waals surface area contributed by atoms with Crippen LogP contribution in [-0.4, -0.2) is 49.1 Å². The van der Waals surface area contributed by atoms with Gasteiger partial charge in [0.05, 0.1) is 0 Å². The number of aliphatic carboxylic acids is 1. The fourth-order valence-corrected chi connectivity index (χ4v) is 1.90. The van der Waals surface area contributed by atoms with Gasteiger partial charge in [0.25, 0.3) is 0 Å². The summed E-state index contributed by atoms with van der Waals surface area (Å²) in [6, 6.07) is 0. The number of rotatable bonds is 10. The molecule has 0 saturated carbocycles. The molecule has 2 atom stereocenters. The summed E-state index contributed by atoms with van der Waals surface area (Å²) in [4.78, 5) is 11.1. The Labute approximate surface area is 112 Å². The lowest BCUT2D eigenvalue weighted by molar-refractivity contribution is -0.143. The average molecular weight is 297 g/mol. The van der Waals surface area contributed by atoms with Crippen molar-refractivity contribution < 1.29 is 28.7 Å². The van der Waals surface area contributed by atoms with Crippen molar-refractivity contribution in [3.05, 3.63) is 0 Å². The molecule has 0 heterocycles. The molecule has 0 aliphatic carbocycles. The van der Waals surface area contributed by atoms with E-state index in [2.05, 4.69) is 0 Å². The minimum atomic E-state index is -3.87. The Bertz CT molecular complexity index is 390. The molecule has 0 aliphatic heterocycles. The molecule has 9 nitrogen and oxygen atoms in total. The number of hydrogen-bond donors (Lipinski definition) is 7. The Morgan fingerprint density at radius 3 is 2.37 bits per heavy atom. The molecule has 0 aliphatic rings. The van der Waals surface area contributed by atoms with Crippen LogP contribution in [0.25, 0.3) is 0 Å². The van der Waals surface area contributed by atoms with Crippen LogP contribution in [-0.2, 0) is 15.0 Å². The van der Waals surface area contributed by atoms with Gasteiger partial charge in [-0.3, -0.25) is 9.35 Å². The van der Waals surface area contributed by atoms with E-state index in [0.29, 0.717) is 12.8 Å². The van der Waals surface area contributed by atoms with Crippen molar-refractivity contribution in [2.24, 2.45) is 5.73 Å². The van der Waals surface area contributed by atoms with E-state index in [4.69, 9.17) is 30.2 Å². The molecule has 2 unspecified atom stereocenters. The molecule has 0 spiro atoms. The third-order valence-corrected chi connectivity index (χ3v) is 3.23. The number of carboxylic acids is 1. The molecule has 0 aromatic carbocycles. The van der Waals surface area contributed by atoms with Gasteiger partial charge in [0.1, 0.15) is 5.54 Å². The Hall–Kier alpha value is -0.715. The van der Waals surface area contributed by atoms with Gasteiger partial charge in [-0.25, -0.2) is 13.7 Å². The zero-order valence-electron chi connectivity index (χ0n) is 10.4. The van der Waals surface area contributed by atoms with Crippen LogP contribution in [0.3, 0.4) is 0 Å². The van der Waals surface area contributed by atoms with Crippen molar-refractivity contribution in [2.75, 3.05) is 6.54 Å². The topological polar surface area (TPSA) is 177 Å². The highest BCUT2D eigenvalue weighted by atomic mass is 32.2. The van der Waals surface area contributed by atoms with E-state index in [1.165, 1.54) is 0 Å². The van der Waals surface area contributed by atoms with Crippen LogP contribution in [0, 0.1) is 4.78 Å². The highest BCUT2D eigenvalue weighted by molar-refractivity contribution is 7.84. The largest absolute Gasteiger partial charge is 0.480 e. The summed E-state index contributed by atoms with van der Waals surface area (Å²) in [5.41, 5.74) is 4.12. The minimum Gasteiger partial charge on any atom is -0.480 e. The van der Waals surface area contributed by atoms with Gasteiger partial charge in [-0.05, 0) is 19.2 Å². The van der Waals surface area contributed by atoms with Crippen LogP contribution in [0.5, 0.6) is 0 Å². The maximum absolute atomic E-state index is 11.1. The maximum atomic E-state index is 11.1. The fraction of sp³-hybridized carbons (Fsp3) is 0.875. The lowest BCUT2D eigenvalue weighted by Gasteiger charge is -2.24. The van der Waals surface area contributed by atoms with Crippen LogP contribution < -0.4 is 10.5 Å². The standard InChI is InChI=1S/C8H20BN3O6S/c10-8(7(13)14,3-1-2-5-9(15)16)4-6-12-19(11,17)18/h15-16H,1-6,10H2,(H,13,14)(H3,11,12,17,18). The van der Waals surface area contributed by atoms with E-state index >= 15 is 0 Å². The van der Waals surface area contributed by atoms with Crippen molar-refractivity contribution in [1.82, 2.24) is 4.72 Å². The summed E-state index contributed by atoms with van der Waals surface area (Å²) in [6.07, 6.45) is 0.912. The van der Waals surface area contributed by atoms with Gasteiger partial charge in [0.2, 0.25) is 10.2 Å². The molecule has 19 heavy (non-hydrogen) atoms. The van der Waals surface area contributed by atoms with Gasteiger partial charge in [0, 0.05) is 6.54 Å². The highest BCUT2D eigenvalue weighted by Gasteiger charge is 2.33. The van der Waals surface area contributed by atoms with Gasteiger partial charge in [-0.15, -0.1) is 0 Å². The Balaban J connectivity index is 4.23. The zero-order valence-corrected chi connectivity index (χ0v) is 11.2. The third kappa shape index (κ3) is 8.91. The summed E-state index contributed by atoms with van der Waals surface area (Å²) in [5.74, 6) is -1.24. The van der Waals surface area contributed by atoms with Crippen LogP contribution in [0.1, 0.15) is 25.7 Å². The Kier molecular flexibility index (Phi) is 7.48. The zero-order chi connectivity index (χ0) is 15.1. The van der Waals surface area contributed by atoms with Crippen molar-refractivity contribution in [3.8, 4) is 0 Å². The first-order valence-electron chi connectivity index (χ1n) is 5.71. The van der Waals surface area contributed by atoms with E-state index in [9.17, 15) is 9.00 Å². The lowest BCUT2D eigenvalue weighted by Crippen LogP contribution is -2.50.